The van der Waals surface area contributed by atoms with Crippen LogP contribution in [-0.4, -0.2) is 19.7 Å². The van der Waals surface area contributed by atoms with E-state index < -0.39 is 0 Å². The van der Waals surface area contributed by atoms with E-state index in [9.17, 15) is 0 Å². The smallest absolute Gasteiger partial charge is 0.115 e. The van der Waals surface area contributed by atoms with Crippen LogP contribution < -0.4 is 11.3 Å². The normalized spacial score (nSPS) is 12.7. The van der Waals surface area contributed by atoms with Crippen LogP contribution >= 0.6 is 0 Å². The number of hydrogen-bond acceptors (Lipinski definition) is 5. The lowest BCUT2D eigenvalue weighted by Crippen LogP contribution is -2.30. The molecule has 0 radical (unpaired) electrons. The molecular weight excluding hydrogens is 192 g/mol. The third kappa shape index (κ3) is 1.85. The van der Waals surface area contributed by atoms with E-state index in [1.165, 1.54) is 6.33 Å². The molecule has 0 aliphatic rings. The van der Waals surface area contributed by atoms with Gasteiger partial charge < -0.3 is 0 Å². The van der Waals surface area contributed by atoms with E-state index in [0.29, 0.717) is 0 Å². The molecule has 0 saturated heterocycles. The largest absolute Gasteiger partial charge is 0.271 e. The fourth-order valence-electron chi connectivity index (χ4n) is 1.48. The first-order valence-electron chi connectivity index (χ1n) is 4.52. The molecule has 0 bridgehead atoms. The minimum Gasteiger partial charge on any atom is -0.271 e. The predicted molar refractivity (Wildman–Crippen MR) is 54.4 cm³/mol. The summed E-state index contributed by atoms with van der Waals surface area (Å²) in [6, 6.07) is 1.76. The number of aryl methyl sites for hydroxylation is 1. The number of nitrogens with one attached hydrogen (secondary N) is 1. The quantitative estimate of drug-likeness (QED) is 0.533. The highest BCUT2D eigenvalue weighted by atomic mass is 15.3. The average Bonchev–Trinajstić information content (AvgIpc) is 2.68. The molecule has 78 valence electrons. The molecule has 1 unspecified atom stereocenters. The van der Waals surface area contributed by atoms with Crippen molar-refractivity contribution in [3.05, 3.63) is 42.2 Å². The van der Waals surface area contributed by atoms with Crippen molar-refractivity contribution >= 4 is 0 Å². The highest BCUT2D eigenvalue weighted by molar-refractivity contribution is 5.22. The monoisotopic (exact) mass is 204 g/mol. The molecule has 6 heteroatoms. The first kappa shape index (κ1) is 9.75. The summed E-state index contributed by atoms with van der Waals surface area (Å²) in [6.07, 6.45) is 6.67. The zero-order chi connectivity index (χ0) is 10.7. The molecule has 0 spiro atoms. The third-order valence-electron chi connectivity index (χ3n) is 2.24. The summed E-state index contributed by atoms with van der Waals surface area (Å²) in [6.45, 7) is 0. The van der Waals surface area contributed by atoms with Crippen LogP contribution in [0.2, 0.25) is 0 Å². The summed E-state index contributed by atoms with van der Waals surface area (Å²) in [5.74, 6) is 5.52. The van der Waals surface area contributed by atoms with E-state index in [-0.39, 0.29) is 6.04 Å². The van der Waals surface area contributed by atoms with Crippen molar-refractivity contribution in [2.75, 3.05) is 0 Å². The number of nitrogens with zero attached hydrogens (tertiary/aromatic N) is 4. The number of aromatic nitrogens is 4. The zero-order valence-electron chi connectivity index (χ0n) is 8.33. The second-order valence-corrected chi connectivity index (χ2v) is 3.15. The molecule has 0 aromatic carbocycles. The third-order valence-corrected chi connectivity index (χ3v) is 2.24. The summed E-state index contributed by atoms with van der Waals surface area (Å²) in [5, 5.41) is 4.09. The minimum atomic E-state index is -0.140. The van der Waals surface area contributed by atoms with Crippen LogP contribution in [0.1, 0.15) is 17.3 Å². The van der Waals surface area contributed by atoms with E-state index in [0.717, 1.165) is 11.3 Å². The highest BCUT2D eigenvalue weighted by Gasteiger charge is 2.15. The van der Waals surface area contributed by atoms with E-state index in [1.807, 2.05) is 13.1 Å². The molecule has 3 N–H and O–H groups in total. The van der Waals surface area contributed by atoms with Gasteiger partial charge in [-0.3, -0.25) is 10.5 Å². The fraction of sp³-hybridized carbons (Fsp3) is 0.222. The molecule has 2 aromatic heterocycles. The number of nitrogens with two attached hydrogens (primary N) is 1. The molecule has 2 heterocycles. The molecule has 0 fully saturated rings. The Balaban J connectivity index is 2.37. The topological polar surface area (TPSA) is 81.7 Å². The lowest BCUT2D eigenvalue weighted by Gasteiger charge is -2.15. The lowest BCUT2D eigenvalue weighted by atomic mass is 10.1. The average molecular weight is 204 g/mol. The van der Waals surface area contributed by atoms with Crippen molar-refractivity contribution in [3.8, 4) is 0 Å². The van der Waals surface area contributed by atoms with Crippen molar-refractivity contribution in [2.24, 2.45) is 12.9 Å². The summed E-state index contributed by atoms with van der Waals surface area (Å²) < 4.78 is 1.76. The number of hydrogen-bond donors (Lipinski definition) is 2. The van der Waals surface area contributed by atoms with Gasteiger partial charge in [0, 0.05) is 31.2 Å². The molecule has 1 atom stereocenters. The van der Waals surface area contributed by atoms with Crippen molar-refractivity contribution in [1.29, 1.82) is 0 Å². The maximum absolute atomic E-state index is 5.52. The van der Waals surface area contributed by atoms with Gasteiger partial charge in [-0.1, -0.05) is 0 Å². The van der Waals surface area contributed by atoms with Gasteiger partial charge in [-0.25, -0.2) is 15.4 Å². The Bertz CT molecular complexity index is 423. The second-order valence-electron chi connectivity index (χ2n) is 3.15. The van der Waals surface area contributed by atoms with E-state index >= 15 is 0 Å². The van der Waals surface area contributed by atoms with Crippen LogP contribution in [0.15, 0.2) is 31.0 Å². The van der Waals surface area contributed by atoms with Crippen molar-refractivity contribution in [1.82, 2.24) is 25.2 Å². The Morgan fingerprint density at radius 1 is 1.40 bits per heavy atom. The Morgan fingerprint density at radius 2 is 2.13 bits per heavy atom. The van der Waals surface area contributed by atoms with Gasteiger partial charge in [0.1, 0.15) is 6.33 Å². The Morgan fingerprint density at radius 3 is 2.67 bits per heavy atom. The van der Waals surface area contributed by atoms with Gasteiger partial charge in [0.05, 0.1) is 11.7 Å². The van der Waals surface area contributed by atoms with Crippen LogP contribution in [0.3, 0.4) is 0 Å². The molecule has 0 aliphatic carbocycles. The Kier molecular flexibility index (Phi) is 2.70. The van der Waals surface area contributed by atoms with Crippen LogP contribution in [0.25, 0.3) is 0 Å². The molecule has 0 amide bonds. The lowest BCUT2D eigenvalue weighted by molar-refractivity contribution is 0.572. The molecular formula is C9H12N6. The van der Waals surface area contributed by atoms with E-state index in [2.05, 4.69) is 20.5 Å². The van der Waals surface area contributed by atoms with Crippen molar-refractivity contribution in [3.63, 3.8) is 0 Å². The van der Waals surface area contributed by atoms with E-state index in [4.69, 9.17) is 5.84 Å². The van der Waals surface area contributed by atoms with Crippen molar-refractivity contribution in [2.45, 2.75) is 6.04 Å². The first-order valence-corrected chi connectivity index (χ1v) is 4.52. The first-order chi connectivity index (χ1) is 7.33. The summed E-state index contributed by atoms with van der Waals surface area (Å²) in [5.41, 5.74) is 4.59. The maximum atomic E-state index is 5.52. The van der Waals surface area contributed by atoms with Gasteiger partial charge in [0.25, 0.3) is 0 Å². The maximum Gasteiger partial charge on any atom is 0.115 e. The minimum absolute atomic E-state index is 0.140. The number of rotatable bonds is 3. The number of hydrazine groups is 1. The SMILES string of the molecule is Cn1nccc1C(NN)c1cncnc1. The summed E-state index contributed by atoms with van der Waals surface area (Å²) in [4.78, 5) is 7.91. The second kappa shape index (κ2) is 4.16. The molecule has 6 nitrogen and oxygen atoms in total. The van der Waals surface area contributed by atoms with Gasteiger partial charge in [0.15, 0.2) is 0 Å². The molecule has 2 aromatic rings. The van der Waals surface area contributed by atoms with Crippen molar-refractivity contribution < 1.29 is 0 Å². The van der Waals surface area contributed by atoms with Crippen LogP contribution in [0.5, 0.6) is 0 Å². The summed E-state index contributed by atoms with van der Waals surface area (Å²) in [7, 11) is 1.86. The van der Waals surface area contributed by atoms with Crippen LogP contribution in [0.4, 0.5) is 0 Å². The summed E-state index contributed by atoms with van der Waals surface area (Å²) >= 11 is 0. The van der Waals surface area contributed by atoms with Gasteiger partial charge >= 0.3 is 0 Å². The van der Waals surface area contributed by atoms with E-state index in [1.54, 1.807) is 23.3 Å². The molecule has 0 aliphatic heterocycles. The molecule has 15 heavy (non-hydrogen) atoms. The van der Waals surface area contributed by atoms with Gasteiger partial charge in [0.2, 0.25) is 0 Å². The van der Waals surface area contributed by atoms with Gasteiger partial charge in [-0.2, -0.15) is 5.10 Å². The molecule has 2 rings (SSSR count). The van der Waals surface area contributed by atoms with Gasteiger partial charge in [-0.05, 0) is 6.07 Å². The molecule has 0 saturated carbocycles. The highest BCUT2D eigenvalue weighted by Crippen LogP contribution is 2.18. The zero-order valence-corrected chi connectivity index (χ0v) is 8.33. The Hall–Kier alpha value is -1.79. The Labute approximate surface area is 87.1 Å². The predicted octanol–water partition coefficient (Wildman–Crippen LogP) is -0.237. The van der Waals surface area contributed by atoms with Crippen LogP contribution in [-0.2, 0) is 7.05 Å². The standard InChI is InChI=1S/C9H12N6/c1-15-8(2-3-13-15)9(14-10)7-4-11-6-12-5-7/h2-6,9,14H,10H2,1H3. The fourth-order valence-corrected chi connectivity index (χ4v) is 1.48. The van der Waals surface area contributed by atoms with Gasteiger partial charge in [-0.15, -0.1) is 0 Å². The van der Waals surface area contributed by atoms with Crippen LogP contribution in [0, 0.1) is 0 Å².